The van der Waals surface area contributed by atoms with Crippen molar-refractivity contribution in [2.24, 2.45) is 0 Å². The average molecular weight is 386 g/mol. The predicted octanol–water partition coefficient (Wildman–Crippen LogP) is 4.30. The number of amides is 2. The number of nitrogens with one attached hydrogen (secondary N) is 1. The number of nitrogens with zero attached hydrogens (tertiary/aromatic N) is 1. The summed E-state index contributed by atoms with van der Waals surface area (Å²) in [5.74, 6) is -1.14. The van der Waals surface area contributed by atoms with E-state index >= 15 is 0 Å². The standard InChI is InChI=1S/C24H19FN2O2/c25-16-9-11-17(12-10-16)26-23(28)21-19-7-3-4-8-20(19)24(29)27-14-13-15-5-1-2-6-18(15)22(21)27/h1-12,21-22H,13-14H2,(H,26,28)/t21-,22+/m0/s1. The number of anilines is 1. The molecular weight excluding hydrogens is 367 g/mol. The van der Waals surface area contributed by atoms with Gasteiger partial charge in [0.2, 0.25) is 5.91 Å². The van der Waals surface area contributed by atoms with Gasteiger partial charge in [0.05, 0.1) is 12.0 Å². The Balaban J connectivity index is 1.62. The lowest BCUT2D eigenvalue weighted by Crippen LogP contribution is -2.49. The van der Waals surface area contributed by atoms with Gasteiger partial charge in [-0.05, 0) is 53.4 Å². The summed E-state index contributed by atoms with van der Waals surface area (Å²) < 4.78 is 13.2. The molecule has 5 rings (SSSR count). The fourth-order valence-corrected chi connectivity index (χ4v) is 4.51. The predicted molar refractivity (Wildman–Crippen MR) is 108 cm³/mol. The Kier molecular flexibility index (Phi) is 4.16. The number of halogens is 1. The lowest BCUT2D eigenvalue weighted by molar-refractivity contribution is -0.119. The third-order valence-electron chi connectivity index (χ3n) is 5.83. The third kappa shape index (κ3) is 2.90. The monoisotopic (exact) mass is 386 g/mol. The van der Waals surface area contributed by atoms with Gasteiger partial charge in [-0.3, -0.25) is 9.59 Å². The molecule has 0 unspecified atom stereocenters. The van der Waals surface area contributed by atoms with Gasteiger partial charge < -0.3 is 10.2 Å². The lowest BCUT2D eigenvalue weighted by atomic mass is 9.76. The molecule has 0 bridgehead atoms. The van der Waals surface area contributed by atoms with E-state index in [1.165, 1.54) is 17.7 Å². The summed E-state index contributed by atoms with van der Waals surface area (Å²) in [6.07, 6.45) is 0.771. The first kappa shape index (κ1) is 17.6. The van der Waals surface area contributed by atoms with Crippen LogP contribution in [0.2, 0.25) is 0 Å². The first-order valence-corrected chi connectivity index (χ1v) is 9.67. The van der Waals surface area contributed by atoms with Crippen LogP contribution in [0, 0.1) is 5.82 Å². The van der Waals surface area contributed by atoms with E-state index in [2.05, 4.69) is 11.4 Å². The normalized spacial score (nSPS) is 19.8. The van der Waals surface area contributed by atoms with Crippen molar-refractivity contribution in [2.75, 3.05) is 11.9 Å². The van der Waals surface area contributed by atoms with Crippen molar-refractivity contribution in [3.63, 3.8) is 0 Å². The zero-order chi connectivity index (χ0) is 20.0. The van der Waals surface area contributed by atoms with Crippen LogP contribution in [0.15, 0.2) is 72.8 Å². The van der Waals surface area contributed by atoms with Gasteiger partial charge in [-0.1, -0.05) is 42.5 Å². The Hall–Kier alpha value is -3.47. The molecule has 0 radical (unpaired) electrons. The summed E-state index contributed by atoms with van der Waals surface area (Å²) in [4.78, 5) is 28.4. The Labute approximate surface area is 168 Å². The van der Waals surface area contributed by atoms with Gasteiger partial charge in [0.1, 0.15) is 5.82 Å². The Morgan fingerprint density at radius 1 is 0.931 bits per heavy atom. The number of rotatable bonds is 2. The van der Waals surface area contributed by atoms with E-state index in [9.17, 15) is 14.0 Å². The highest BCUT2D eigenvalue weighted by Gasteiger charge is 2.46. The summed E-state index contributed by atoms with van der Waals surface area (Å²) in [6, 6.07) is 20.7. The minimum Gasteiger partial charge on any atom is -0.330 e. The molecule has 2 heterocycles. The van der Waals surface area contributed by atoms with Crippen LogP contribution in [0.4, 0.5) is 10.1 Å². The molecule has 2 aliphatic rings. The number of carbonyl (C=O) groups excluding carboxylic acids is 2. The third-order valence-corrected chi connectivity index (χ3v) is 5.83. The highest BCUT2D eigenvalue weighted by atomic mass is 19.1. The maximum atomic E-state index is 13.4. The maximum absolute atomic E-state index is 13.4. The van der Waals surface area contributed by atoms with Crippen molar-refractivity contribution >= 4 is 17.5 Å². The van der Waals surface area contributed by atoms with Crippen molar-refractivity contribution in [1.82, 2.24) is 4.90 Å². The highest BCUT2D eigenvalue weighted by Crippen LogP contribution is 2.46. The summed E-state index contributed by atoms with van der Waals surface area (Å²) >= 11 is 0. The topological polar surface area (TPSA) is 49.4 Å². The van der Waals surface area contributed by atoms with Crippen molar-refractivity contribution < 1.29 is 14.0 Å². The second kappa shape index (κ2) is 6.85. The molecule has 1 N–H and O–H groups in total. The molecule has 0 saturated heterocycles. The molecule has 0 aliphatic carbocycles. The van der Waals surface area contributed by atoms with Crippen molar-refractivity contribution in [1.29, 1.82) is 0 Å². The largest absolute Gasteiger partial charge is 0.330 e. The molecule has 5 heteroatoms. The minimum atomic E-state index is -0.546. The van der Waals surface area contributed by atoms with E-state index in [1.54, 1.807) is 18.2 Å². The summed E-state index contributed by atoms with van der Waals surface area (Å²) in [6.45, 7) is 0.579. The molecule has 0 aromatic heterocycles. The summed E-state index contributed by atoms with van der Waals surface area (Å²) in [7, 11) is 0. The van der Waals surface area contributed by atoms with Crippen LogP contribution in [-0.4, -0.2) is 23.3 Å². The molecule has 0 fully saturated rings. The van der Waals surface area contributed by atoms with Gasteiger partial charge >= 0.3 is 0 Å². The van der Waals surface area contributed by atoms with E-state index in [0.717, 1.165) is 17.5 Å². The number of fused-ring (bicyclic) bond motifs is 4. The van der Waals surface area contributed by atoms with Gasteiger partial charge in [-0.2, -0.15) is 0 Å². The van der Waals surface area contributed by atoms with E-state index in [1.807, 2.05) is 41.3 Å². The van der Waals surface area contributed by atoms with Gasteiger partial charge in [0.25, 0.3) is 5.91 Å². The second-order valence-corrected chi connectivity index (χ2v) is 7.45. The maximum Gasteiger partial charge on any atom is 0.254 e. The lowest BCUT2D eigenvalue weighted by Gasteiger charge is -2.45. The molecule has 4 nitrogen and oxygen atoms in total. The number of hydrogen-bond donors (Lipinski definition) is 1. The zero-order valence-corrected chi connectivity index (χ0v) is 15.6. The molecular formula is C24H19FN2O2. The van der Waals surface area contributed by atoms with Crippen LogP contribution >= 0.6 is 0 Å². The van der Waals surface area contributed by atoms with E-state index in [-0.39, 0.29) is 23.7 Å². The van der Waals surface area contributed by atoms with E-state index in [0.29, 0.717) is 17.8 Å². The number of benzene rings is 3. The van der Waals surface area contributed by atoms with Crippen molar-refractivity contribution in [2.45, 2.75) is 18.4 Å². The Morgan fingerprint density at radius 2 is 1.62 bits per heavy atom. The summed E-state index contributed by atoms with van der Waals surface area (Å²) in [5.41, 5.74) is 4.01. The Bertz CT molecular complexity index is 1110. The first-order chi connectivity index (χ1) is 14.1. The van der Waals surface area contributed by atoms with Gasteiger partial charge in [0, 0.05) is 17.8 Å². The van der Waals surface area contributed by atoms with Gasteiger partial charge in [0.15, 0.2) is 0 Å². The van der Waals surface area contributed by atoms with Gasteiger partial charge in [-0.25, -0.2) is 4.39 Å². The number of carbonyl (C=O) groups is 2. The molecule has 0 saturated carbocycles. The molecule has 0 spiro atoms. The first-order valence-electron chi connectivity index (χ1n) is 9.67. The van der Waals surface area contributed by atoms with Crippen LogP contribution in [0.3, 0.4) is 0 Å². The van der Waals surface area contributed by atoms with Gasteiger partial charge in [-0.15, -0.1) is 0 Å². The average Bonchev–Trinajstić information content (AvgIpc) is 2.75. The highest BCUT2D eigenvalue weighted by molar-refractivity contribution is 6.04. The van der Waals surface area contributed by atoms with Crippen LogP contribution in [-0.2, 0) is 11.2 Å². The SMILES string of the molecule is O=C(Nc1ccc(F)cc1)[C@H]1c2ccccc2C(=O)N2CCc3ccccc3[C@H]12. The zero-order valence-electron chi connectivity index (χ0n) is 15.6. The molecule has 3 aromatic rings. The molecule has 2 amide bonds. The quantitative estimate of drug-likeness (QED) is 0.714. The minimum absolute atomic E-state index is 0.0362. The van der Waals surface area contributed by atoms with E-state index in [4.69, 9.17) is 0 Å². The summed E-state index contributed by atoms with van der Waals surface area (Å²) in [5, 5.41) is 2.91. The molecule has 3 aromatic carbocycles. The van der Waals surface area contributed by atoms with Crippen molar-refractivity contribution in [3.05, 3.63) is 101 Å². The Morgan fingerprint density at radius 3 is 2.41 bits per heavy atom. The van der Waals surface area contributed by atoms with Crippen LogP contribution in [0.1, 0.15) is 39.0 Å². The fourth-order valence-electron chi connectivity index (χ4n) is 4.51. The van der Waals surface area contributed by atoms with Crippen LogP contribution in [0.5, 0.6) is 0 Å². The smallest absolute Gasteiger partial charge is 0.254 e. The van der Waals surface area contributed by atoms with E-state index < -0.39 is 5.92 Å². The fraction of sp³-hybridized carbons (Fsp3) is 0.167. The number of hydrogen-bond acceptors (Lipinski definition) is 2. The molecule has 2 aliphatic heterocycles. The molecule has 29 heavy (non-hydrogen) atoms. The van der Waals surface area contributed by atoms with Crippen LogP contribution in [0.25, 0.3) is 0 Å². The second-order valence-electron chi connectivity index (χ2n) is 7.45. The molecule has 2 atom stereocenters. The van der Waals surface area contributed by atoms with Crippen molar-refractivity contribution in [3.8, 4) is 0 Å². The van der Waals surface area contributed by atoms with Crippen LogP contribution < -0.4 is 5.32 Å². The molecule has 144 valence electrons.